The number of nitrogens with one attached hydrogen (secondary N) is 1. The van der Waals surface area contributed by atoms with Crippen molar-refractivity contribution in [1.29, 1.82) is 0 Å². The highest BCUT2D eigenvalue weighted by molar-refractivity contribution is 5.80. The van der Waals surface area contributed by atoms with Crippen LogP contribution < -0.4 is 5.32 Å². The van der Waals surface area contributed by atoms with Crippen molar-refractivity contribution >= 4 is 5.91 Å². The van der Waals surface area contributed by atoms with Gasteiger partial charge in [0.25, 0.3) is 0 Å². The highest BCUT2D eigenvalue weighted by Crippen LogP contribution is 2.15. The number of aliphatic hydroxyl groups excluding tert-OH is 2. The zero-order valence-corrected chi connectivity index (χ0v) is 26.6. The van der Waals surface area contributed by atoms with Gasteiger partial charge in [0.15, 0.2) is 0 Å². The molecule has 232 valence electrons. The summed E-state index contributed by atoms with van der Waals surface area (Å²) >= 11 is 0. The van der Waals surface area contributed by atoms with E-state index in [1.54, 1.807) is 0 Å². The predicted octanol–water partition coefficient (Wildman–Crippen LogP) is 9.95. The van der Waals surface area contributed by atoms with Gasteiger partial charge < -0.3 is 15.5 Å². The number of carbonyl (C=O) groups excluding carboxylic acids is 1. The average molecular weight is 552 g/mol. The molecular formula is C35H69NO3. The Kier molecular flexibility index (Phi) is 29.4. The SMILES string of the molecule is CCCCCCC=CCCCCCCCCCC(O)C(CC)NC(=O)C(O)CCCCCCCCCCCC. The number of hydrogen-bond donors (Lipinski definition) is 3. The van der Waals surface area contributed by atoms with Gasteiger partial charge in [-0.3, -0.25) is 4.79 Å². The van der Waals surface area contributed by atoms with Crippen LogP contribution in [0.15, 0.2) is 12.2 Å². The van der Waals surface area contributed by atoms with E-state index in [4.69, 9.17) is 0 Å². The van der Waals surface area contributed by atoms with E-state index in [1.165, 1.54) is 122 Å². The van der Waals surface area contributed by atoms with Gasteiger partial charge in [0, 0.05) is 0 Å². The Morgan fingerprint density at radius 3 is 1.41 bits per heavy atom. The fourth-order valence-corrected chi connectivity index (χ4v) is 5.33. The monoisotopic (exact) mass is 552 g/mol. The molecule has 0 aliphatic rings. The topological polar surface area (TPSA) is 69.6 Å². The van der Waals surface area contributed by atoms with Crippen molar-refractivity contribution in [2.24, 2.45) is 0 Å². The van der Waals surface area contributed by atoms with Crippen molar-refractivity contribution in [2.45, 2.75) is 206 Å². The Bertz CT molecular complexity index is 536. The molecule has 3 atom stereocenters. The minimum absolute atomic E-state index is 0.264. The number of allylic oxidation sites excluding steroid dienone is 2. The molecular weight excluding hydrogens is 482 g/mol. The lowest BCUT2D eigenvalue weighted by atomic mass is 10.00. The van der Waals surface area contributed by atoms with Crippen LogP contribution in [0.25, 0.3) is 0 Å². The highest BCUT2D eigenvalue weighted by atomic mass is 16.3. The molecule has 0 rings (SSSR count). The quantitative estimate of drug-likeness (QED) is 0.0614. The van der Waals surface area contributed by atoms with Crippen molar-refractivity contribution in [3.63, 3.8) is 0 Å². The zero-order valence-electron chi connectivity index (χ0n) is 26.6. The summed E-state index contributed by atoms with van der Waals surface area (Å²) in [7, 11) is 0. The van der Waals surface area contributed by atoms with Crippen LogP contribution in [0.1, 0.15) is 188 Å². The van der Waals surface area contributed by atoms with E-state index in [1.807, 2.05) is 6.92 Å². The van der Waals surface area contributed by atoms with Crippen LogP contribution in [-0.4, -0.2) is 34.4 Å². The first-order chi connectivity index (χ1) is 19.1. The molecule has 0 aliphatic heterocycles. The van der Waals surface area contributed by atoms with Crippen molar-refractivity contribution in [1.82, 2.24) is 5.32 Å². The van der Waals surface area contributed by atoms with Crippen molar-refractivity contribution in [3.8, 4) is 0 Å². The Morgan fingerprint density at radius 2 is 0.949 bits per heavy atom. The number of unbranched alkanes of at least 4 members (excludes halogenated alkanes) is 20. The van der Waals surface area contributed by atoms with E-state index in [0.717, 1.165) is 32.1 Å². The summed E-state index contributed by atoms with van der Waals surface area (Å²) in [6.45, 7) is 6.50. The fraction of sp³-hybridized carbons (Fsp3) is 0.914. The maximum Gasteiger partial charge on any atom is 0.249 e. The van der Waals surface area contributed by atoms with Gasteiger partial charge in [-0.1, -0.05) is 155 Å². The third kappa shape index (κ3) is 25.8. The molecule has 3 unspecified atom stereocenters. The van der Waals surface area contributed by atoms with E-state index in [0.29, 0.717) is 12.8 Å². The van der Waals surface area contributed by atoms with E-state index in [-0.39, 0.29) is 11.9 Å². The lowest BCUT2D eigenvalue weighted by Gasteiger charge is -2.24. The number of rotatable bonds is 30. The molecule has 0 heterocycles. The average Bonchev–Trinajstić information content (AvgIpc) is 2.94. The smallest absolute Gasteiger partial charge is 0.249 e. The second kappa shape index (κ2) is 30.1. The molecule has 0 bridgehead atoms. The van der Waals surface area contributed by atoms with Gasteiger partial charge in [0.2, 0.25) is 5.91 Å². The summed E-state index contributed by atoms with van der Waals surface area (Å²) < 4.78 is 0. The van der Waals surface area contributed by atoms with E-state index >= 15 is 0 Å². The number of carbonyl (C=O) groups is 1. The standard InChI is InChI=1S/C35H69NO3/c1-4-7-9-11-13-15-17-18-19-20-21-23-24-26-28-30-33(37)32(6-3)36-35(39)34(38)31-29-27-25-22-16-14-12-10-8-5-2/h15,17,32-34,37-38H,4-14,16,18-31H2,1-3H3,(H,36,39). The summed E-state index contributed by atoms with van der Waals surface area (Å²) in [5.41, 5.74) is 0. The lowest BCUT2D eigenvalue weighted by molar-refractivity contribution is -0.131. The maximum atomic E-state index is 12.4. The molecule has 4 nitrogen and oxygen atoms in total. The predicted molar refractivity (Wildman–Crippen MR) is 170 cm³/mol. The van der Waals surface area contributed by atoms with Crippen molar-refractivity contribution < 1.29 is 15.0 Å². The highest BCUT2D eigenvalue weighted by Gasteiger charge is 2.22. The van der Waals surface area contributed by atoms with Crippen LogP contribution in [-0.2, 0) is 4.79 Å². The first kappa shape index (κ1) is 38.1. The summed E-state index contributed by atoms with van der Waals surface area (Å²) in [6.07, 6.45) is 34.0. The first-order valence-electron chi connectivity index (χ1n) is 17.4. The molecule has 0 aromatic rings. The molecule has 1 amide bonds. The van der Waals surface area contributed by atoms with E-state index in [2.05, 4.69) is 31.3 Å². The fourth-order valence-electron chi connectivity index (χ4n) is 5.33. The van der Waals surface area contributed by atoms with E-state index in [9.17, 15) is 15.0 Å². The largest absolute Gasteiger partial charge is 0.391 e. The molecule has 0 saturated carbocycles. The minimum Gasteiger partial charge on any atom is -0.391 e. The third-order valence-corrected chi connectivity index (χ3v) is 8.13. The second-order valence-corrected chi connectivity index (χ2v) is 12.0. The maximum absolute atomic E-state index is 12.4. The molecule has 0 fully saturated rings. The van der Waals surface area contributed by atoms with E-state index < -0.39 is 12.2 Å². The number of aliphatic hydroxyl groups is 2. The summed E-state index contributed by atoms with van der Waals surface area (Å²) in [5, 5.41) is 23.8. The van der Waals surface area contributed by atoms with Crippen LogP contribution in [0, 0.1) is 0 Å². The molecule has 3 N–H and O–H groups in total. The number of hydrogen-bond acceptors (Lipinski definition) is 3. The zero-order chi connectivity index (χ0) is 28.8. The van der Waals surface area contributed by atoms with Gasteiger partial charge in [0.05, 0.1) is 12.1 Å². The Hall–Kier alpha value is -0.870. The summed E-state index contributed by atoms with van der Waals surface area (Å²) in [4.78, 5) is 12.4. The van der Waals surface area contributed by atoms with Gasteiger partial charge in [-0.15, -0.1) is 0 Å². The Labute approximate surface area is 244 Å². The molecule has 0 aromatic heterocycles. The molecule has 0 spiro atoms. The van der Waals surface area contributed by atoms with Gasteiger partial charge in [-0.25, -0.2) is 0 Å². The lowest BCUT2D eigenvalue weighted by Crippen LogP contribution is -2.47. The van der Waals surface area contributed by atoms with Gasteiger partial charge in [0.1, 0.15) is 6.10 Å². The van der Waals surface area contributed by atoms with Gasteiger partial charge >= 0.3 is 0 Å². The normalized spacial score (nSPS) is 14.1. The Balaban J connectivity index is 3.72. The van der Waals surface area contributed by atoms with Crippen LogP contribution in [0.3, 0.4) is 0 Å². The molecule has 39 heavy (non-hydrogen) atoms. The molecule has 0 aromatic carbocycles. The van der Waals surface area contributed by atoms with Crippen molar-refractivity contribution in [2.75, 3.05) is 0 Å². The number of amides is 1. The Morgan fingerprint density at radius 1 is 0.564 bits per heavy atom. The third-order valence-electron chi connectivity index (χ3n) is 8.13. The molecule has 0 radical (unpaired) electrons. The van der Waals surface area contributed by atoms with Crippen molar-refractivity contribution in [3.05, 3.63) is 12.2 Å². The molecule has 4 heteroatoms. The summed E-state index contributed by atoms with van der Waals surface area (Å²) in [6, 6.07) is -0.264. The summed E-state index contributed by atoms with van der Waals surface area (Å²) in [5.74, 6) is -0.317. The van der Waals surface area contributed by atoms with Crippen LogP contribution in [0.4, 0.5) is 0 Å². The van der Waals surface area contributed by atoms with Gasteiger partial charge in [-0.05, 0) is 44.9 Å². The molecule has 0 saturated heterocycles. The van der Waals surface area contributed by atoms with Crippen LogP contribution in [0.2, 0.25) is 0 Å². The molecule has 0 aliphatic carbocycles. The second-order valence-electron chi connectivity index (χ2n) is 12.0. The van der Waals surface area contributed by atoms with Gasteiger partial charge in [-0.2, -0.15) is 0 Å². The first-order valence-corrected chi connectivity index (χ1v) is 17.4. The minimum atomic E-state index is -0.957. The van der Waals surface area contributed by atoms with Crippen LogP contribution >= 0.6 is 0 Å². The van der Waals surface area contributed by atoms with Crippen LogP contribution in [0.5, 0.6) is 0 Å².